The summed E-state index contributed by atoms with van der Waals surface area (Å²) in [5.74, 6) is -5.19. The Morgan fingerprint density at radius 2 is 1.62 bits per heavy atom. The highest BCUT2D eigenvalue weighted by Crippen LogP contribution is 2.46. The van der Waals surface area contributed by atoms with Gasteiger partial charge >= 0.3 is 12.4 Å². The Bertz CT molecular complexity index is 1180. The highest BCUT2D eigenvalue weighted by atomic mass is 32.2. The van der Waals surface area contributed by atoms with Gasteiger partial charge in [0.2, 0.25) is 0 Å². The van der Waals surface area contributed by atoms with Crippen molar-refractivity contribution in [1.29, 1.82) is 0 Å². The molecule has 2 aromatic carbocycles. The van der Waals surface area contributed by atoms with Crippen LogP contribution >= 0.6 is 11.8 Å². The van der Waals surface area contributed by atoms with E-state index in [9.17, 15) is 46.0 Å². The summed E-state index contributed by atoms with van der Waals surface area (Å²) in [6.45, 7) is 4.54. The third kappa shape index (κ3) is 7.37. The molecule has 202 valence electrons. The Kier molecular flexibility index (Phi) is 8.89. The monoisotopic (exact) mass is 551 g/mol. The Morgan fingerprint density at radius 3 is 2.11 bits per heavy atom. The van der Waals surface area contributed by atoms with Crippen molar-refractivity contribution in [3.05, 3.63) is 68.8 Å². The predicted octanol–water partition coefficient (Wildman–Crippen LogP) is 6.24. The van der Waals surface area contributed by atoms with Gasteiger partial charge in [-0.2, -0.15) is 38.1 Å². The van der Waals surface area contributed by atoms with E-state index in [2.05, 4.69) is 10.6 Å². The minimum atomic E-state index is -5.59. The van der Waals surface area contributed by atoms with Crippen LogP contribution in [-0.2, 0) is 0 Å². The first kappa shape index (κ1) is 29.9. The average Bonchev–Trinajstić information content (AvgIpc) is 2.72. The molecule has 0 aliphatic heterocycles. The van der Waals surface area contributed by atoms with E-state index < -0.39 is 62.9 Å². The quantitative estimate of drug-likeness (QED) is 0.230. The molecule has 0 heterocycles. The third-order valence-corrected chi connectivity index (χ3v) is 6.16. The van der Waals surface area contributed by atoms with Crippen LogP contribution in [0.3, 0.4) is 0 Å². The summed E-state index contributed by atoms with van der Waals surface area (Å²) < 4.78 is 78.4. The molecular weight excluding hydrogens is 528 g/mol. The van der Waals surface area contributed by atoms with Gasteiger partial charge in [0.1, 0.15) is 5.56 Å². The van der Waals surface area contributed by atoms with Gasteiger partial charge in [0.25, 0.3) is 17.5 Å². The second-order valence-corrected chi connectivity index (χ2v) is 9.64. The molecule has 37 heavy (non-hydrogen) atoms. The van der Waals surface area contributed by atoms with Gasteiger partial charge in [0.05, 0.1) is 10.5 Å². The fourth-order valence-electron chi connectivity index (χ4n) is 3.65. The number of carbonyl (C=O) groups excluding carboxylic acids is 2. The van der Waals surface area contributed by atoms with E-state index in [1.165, 1.54) is 24.8 Å². The van der Waals surface area contributed by atoms with Crippen LogP contribution in [0.5, 0.6) is 0 Å². The zero-order valence-electron chi connectivity index (χ0n) is 20.0. The van der Waals surface area contributed by atoms with E-state index in [1.54, 1.807) is 20.1 Å². The van der Waals surface area contributed by atoms with Crippen LogP contribution in [0.25, 0.3) is 0 Å². The molecule has 2 aromatic rings. The number of thioether (sulfide) groups is 1. The second kappa shape index (κ2) is 11.0. The van der Waals surface area contributed by atoms with Gasteiger partial charge in [0, 0.05) is 23.0 Å². The molecule has 0 fully saturated rings. The smallest absolute Gasteiger partial charge is 0.346 e. The summed E-state index contributed by atoms with van der Waals surface area (Å²) in [5.41, 5.74) is -3.73. The number of nitrogens with one attached hydrogen (secondary N) is 2. The molecule has 2 N–H and O–H groups in total. The summed E-state index contributed by atoms with van der Waals surface area (Å²) in [6.07, 6.45) is -9.40. The fraction of sp³-hybridized carbons (Fsp3) is 0.391. The van der Waals surface area contributed by atoms with Crippen LogP contribution in [0.15, 0.2) is 36.4 Å². The molecule has 0 bridgehead atoms. The normalized spacial score (nSPS) is 12.4. The zero-order chi connectivity index (χ0) is 28.3. The molecule has 0 spiro atoms. The topological polar surface area (TPSA) is 101 Å². The van der Waals surface area contributed by atoms with Crippen LogP contribution in [0.1, 0.15) is 51.6 Å². The van der Waals surface area contributed by atoms with Crippen molar-refractivity contribution in [2.75, 3.05) is 17.3 Å². The first-order valence-electron chi connectivity index (χ1n) is 10.5. The predicted molar refractivity (Wildman–Crippen MR) is 127 cm³/mol. The molecule has 0 atom stereocenters. The third-order valence-electron chi connectivity index (χ3n) is 5.15. The minimum absolute atomic E-state index is 0.123. The minimum Gasteiger partial charge on any atom is -0.346 e. The number of nitrogens with zero attached hydrogens (tertiary/aromatic N) is 1. The van der Waals surface area contributed by atoms with Crippen molar-refractivity contribution in [2.45, 2.75) is 44.6 Å². The van der Waals surface area contributed by atoms with Gasteiger partial charge in [-0.1, -0.05) is 18.2 Å². The second-order valence-electron chi connectivity index (χ2n) is 8.77. The number of nitro benzene ring substituents is 1. The number of nitro groups is 1. The molecule has 7 nitrogen and oxygen atoms in total. The van der Waals surface area contributed by atoms with Gasteiger partial charge in [-0.25, -0.2) is 0 Å². The maximum absolute atomic E-state index is 13.1. The first-order chi connectivity index (χ1) is 16.9. The van der Waals surface area contributed by atoms with E-state index in [4.69, 9.17) is 0 Å². The van der Waals surface area contributed by atoms with Crippen molar-refractivity contribution >= 4 is 35.0 Å². The maximum atomic E-state index is 13.1. The molecule has 0 unspecified atom stereocenters. The van der Waals surface area contributed by atoms with Gasteiger partial charge in [-0.15, -0.1) is 0 Å². The van der Waals surface area contributed by atoms with Gasteiger partial charge in [-0.3, -0.25) is 19.7 Å². The summed E-state index contributed by atoms with van der Waals surface area (Å²) in [6, 6.07) is 5.44. The highest BCUT2D eigenvalue weighted by molar-refractivity contribution is 7.98. The summed E-state index contributed by atoms with van der Waals surface area (Å²) in [5, 5.41) is 16.5. The lowest BCUT2D eigenvalue weighted by atomic mass is 9.95. The fourth-order valence-corrected chi connectivity index (χ4v) is 4.44. The number of halogens is 6. The highest BCUT2D eigenvalue weighted by Gasteiger charge is 2.57. The molecule has 0 aromatic heterocycles. The molecule has 0 saturated heterocycles. The number of carbonyl (C=O) groups is 2. The van der Waals surface area contributed by atoms with Crippen LogP contribution in [-0.4, -0.2) is 46.6 Å². The number of anilines is 1. The molecule has 2 rings (SSSR count). The number of amides is 2. The van der Waals surface area contributed by atoms with Crippen LogP contribution in [0, 0.1) is 17.0 Å². The number of hydrogen-bond donors (Lipinski definition) is 2. The lowest BCUT2D eigenvalue weighted by Gasteiger charge is -2.25. The molecule has 0 aliphatic rings. The number of alkyl halides is 6. The van der Waals surface area contributed by atoms with Crippen molar-refractivity contribution in [3.63, 3.8) is 0 Å². The van der Waals surface area contributed by atoms with Crippen molar-refractivity contribution in [3.8, 4) is 0 Å². The van der Waals surface area contributed by atoms with Crippen LogP contribution < -0.4 is 10.6 Å². The van der Waals surface area contributed by atoms with Crippen molar-refractivity contribution < 1.29 is 40.9 Å². The van der Waals surface area contributed by atoms with E-state index >= 15 is 0 Å². The molecule has 0 saturated carbocycles. The number of aryl methyl sites for hydroxylation is 1. The van der Waals surface area contributed by atoms with Crippen molar-refractivity contribution in [2.24, 2.45) is 0 Å². The Balaban J connectivity index is 2.47. The Labute approximate surface area is 212 Å². The number of benzene rings is 2. The molecule has 0 aliphatic carbocycles. The van der Waals surface area contributed by atoms with Crippen molar-refractivity contribution in [1.82, 2.24) is 5.32 Å². The lowest BCUT2D eigenvalue weighted by Crippen LogP contribution is -2.46. The summed E-state index contributed by atoms with van der Waals surface area (Å²) in [4.78, 5) is 36.7. The molecule has 2 amide bonds. The lowest BCUT2D eigenvalue weighted by molar-refractivity contribution is -0.385. The van der Waals surface area contributed by atoms with Crippen LogP contribution in [0.4, 0.5) is 37.7 Å². The molecule has 0 radical (unpaired) electrons. The van der Waals surface area contributed by atoms with Crippen LogP contribution in [0.2, 0.25) is 0 Å². The maximum Gasteiger partial charge on any atom is 0.404 e. The average molecular weight is 552 g/mol. The summed E-state index contributed by atoms with van der Waals surface area (Å²) in [7, 11) is 0. The van der Waals surface area contributed by atoms with E-state index in [-0.39, 0.29) is 11.3 Å². The molecule has 14 heteroatoms. The van der Waals surface area contributed by atoms with Gasteiger partial charge < -0.3 is 10.6 Å². The Morgan fingerprint density at radius 1 is 1.03 bits per heavy atom. The molecular formula is C23H23F6N3O4S. The number of hydrogen-bond acceptors (Lipinski definition) is 5. The first-order valence-corrected chi connectivity index (χ1v) is 11.9. The Hall–Kier alpha value is -3.29. The SMILES string of the molecule is CSCC(C)(C)NC(=O)c1c(C(=O)Nc2ccc(C(C(F)(F)F)C(F)(F)F)cc2C)cccc1[N+](=O)[O-]. The van der Waals surface area contributed by atoms with E-state index in [0.717, 1.165) is 18.2 Å². The number of rotatable bonds is 8. The van der Waals surface area contributed by atoms with E-state index in [0.29, 0.717) is 17.9 Å². The summed E-state index contributed by atoms with van der Waals surface area (Å²) >= 11 is 1.41. The largest absolute Gasteiger partial charge is 0.404 e. The zero-order valence-corrected chi connectivity index (χ0v) is 20.8. The van der Waals surface area contributed by atoms with E-state index in [1.807, 2.05) is 0 Å². The standard InChI is InChI=1S/C23H23F6N3O4S/c1-12-10-13(18(22(24,25)26)23(27,28)29)8-9-15(12)30-19(33)14-6-5-7-16(32(35)36)17(14)20(34)31-21(2,3)11-37-4/h5-10,18H,11H2,1-4H3,(H,30,33)(H,31,34). The van der Waals surface area contributed by atoms with Gasteiger partial charge in [-0.05, 0) is 50.3 Å². The van der Waals surface area contributed by atoms with Gasteiger partial charge in [0.15, 0.2) is 5.92 Å².